The van der Waals surface area contributed by atoms with Crippen LogP contribution < -0.4 is 0 Å². The number of hydrogen-bond donors (Lipinski definition) is 1. The molecule has 82 valence electrons. The SMILES string of the molecule is O=NCc1ccc2c(Cl)cc(Cl)c(O)c2n1. The van der Waals surface area contributed by atoms with E-state index in [1.54, 1.807) is 12.1 Å². The van der Waals surface area contributed by atoms with E-state index in [0.29, 0.717) is 16.1 Å². The molecule has 6 heteroatoms. The van der Waals surface area contributed by atoms with Crippen LogP contribution in [0.5, 0.6) is 5.75 Å². The molecule has 0 unspecified atom stereocenters. The van der Waals surface area contributed by atoms with Gasteiger partial charge in [-0.3, -0.25) is 0 Å². The Hall–Kier alpha value is -1.39. The van der Waals surface area contributed by atoms with Crippen LogP contribution >= 0.6 is 23.2 Å². The molecule has 0 saturated heterocycles. The number of rotatable bonds is 2. The van der Waals surface area contributed by atoms with Gasteiger partial charge in [0.05, 0.1) is 15.7 Å². The van der Waals surface area contributed by atoms with Crippen LogP contribution in [0.1, 0.15) is 5.69 Å². The van der Waals surface area contributed by atoms with Crippen LogP contribution in [0.15, 0.2) is 23.4 Å². The molecule has 0 saturated carbocycles. The van der Waals surface area contributed by atoms with Gasteiger partial charge < -0.3 is 5.11 Å². The molecule has 0 aliphatic carbocycles. The Morgan fingerprint density at radius 2 is 2.06 bits per heavy atom. The van der Waals surface area contributed by atoms with Crippen molar-refractivity contribution in [1.82, 2.24) is 4.98 Å². The van der Waals surface area contributed by atoms with E-state index in [0.717, 1.165) is 0 Å². The summed E-state index contributed by atoms with van der Waals surface area (Å²) < 4.78 is 0. The fraction of sp³-hybridized carbons (Fsp3) is 0.100. The molecule has 0 aliphatic heterocycles. The second-order valence-electron chi connectivity index (χ2n) is 3.17. The van der Waals surface area contributed by atoms with Crippen molar-refractivity contribution in [2.45, 2.75) is 6.54 Å². The van der Waals surface area contributed by atoms with Gasteiger partial charge in [0, 0.05) is 5.39 Å². The number of benzene rings is 1. The standard InChI is InChI=1S/C10H6Cl2N2O2/c11-7-3-8(12)10(15)9-6(7)2-1-5(14-9)4-13-16/h1-3,15H,4H2. The van der Waals surface area contributed by atoms with Crippen molar-refractivity contribution in [3.8, 4) is 5.75 Å². The monoisotopic (exact) mass is 256 g/mol. The number of phenolic OH excluding ortho intramolecular Hbond substituents is 1. The molecule has 0 fully saturated rings. The van der Waals surface area contributed by atoms with Gasteiger partial charge in [0.1, 0.15) is 12.1 Å². The fourth-order valence-corrected chi connectivity index (χ4v) is 1.91. The number of nitroso groups, excluding NO2 is 1. The highest BCUT2D eigenvalue weighted by Crippen LogP contribution is 2.36. The van der Waals surface area contributed by atoms with Crippen LogP contribution in [0.25, 0.3) is 10.9 Å². The van der Waals surface area contributed by atoms with Crippen molar-refractivity contribution in [1.29, 1.82) is 0 Å². The van der Waals surface area contributed by atoms with Gasteiger partial charge in [-0.15, -0.1) is 0 Å². The van der Waals surface area contributed by atoms with E-state index in [1.807, 2.05) is 0 Å². The zero-order valence-corrected chi connectivity index (χ0v) is 9.46. The molecule has 0 atom stereocenters. The van der Waals surface area contributed by atoms with E-state index in [-0.39, 0.29) is 22.8 Å². The molecule has 1 aromatic carbocycles. The number of fused-ring (bicyclic) bond motifs is 1. The number of phenols is 1. The summed E-state index contributed by atoms with van der Waals surface area (Å²) in [7, 11) is 0. The molecule has 2 aromatic rings. The van der Waals surface area contributed by atoms with Gasteiger partial charge in [0.25, 0.3) is 0 Å². The first-order chi connectivity index (χ1) is 7.63. The Morgan fingerprint density at radius 3 is 2.75 bits per heavy atom. The number of nitrogens with zero attached hydrogens (tertiary/aromatic N) is 2. The first-order valence-electron chi connectivity index (χ1n) is 4.39. The maximum Gasteiger partial charge on any atom is 0.160 e. The van der Waals surface area contributed by atoms with Crippen molar-refractivity contribution in [3.05, 3.63) is 38.8 Å². The normalized spacial score (nSPS) is 10.6. The molecule has 1 heterocycles. The minimum atomic E-state index is -0.145. The summed E-state index contributed by atoms with van der Waals surface area (Å²) in [5.74, 6) is -0.145. The van der Waals surface area contributed by atoms with E-state index >= 15 is 0 Å². The Balaban J connectivity index is 2.75. The highest BCUT2D eigenvalue weighted by Gasteiger charge is 2.11. The second kappa shape index (κ2) is 4.23. The van der Waals surface area contributed by atoms with Crippen LogP contribution in [-0.4, -0.2) is 10.1 Å². The molecule has 0 bridgehead atoms. The largest absolute Gasteiger partial charge is 0.504 e. The second-order valence-corrected chi connectivity index (χ2v) is 3.99. The minimum Gasteiger partial charge on any atom is -0.504 e. The molecule has 4 nitrogen and oxygen atoms in total. The van der Waals surface area contributed by atoms with Crippen LogP contribution in [0.4, 0.5) is 0 Å². The van der Waals surface area contributed by atoms with Crippen LogP contribution in [0, 0.1) is 4.91 Å². The first-order valence-corrected chi connectivity index (χ1v) is 5.15. The lowest BCUT2D eigenvalue weighted by molar-refractivity contribution is 0.480. The van der Waals surface area contributed by atoms with E-state index < -0.39 is 0 Å². The fourth-order valence-electron chi connectivity index (χ4n) is 1.40. The Morgan fingerprint density at radius 1 is 1.31 bits per heavy atom. The van der Waals surface area contributed by atoms with Crippen molar-refractivity contribution < 1.29 is 5.11 Å². The quantitative estimate of drug-likeness (QED) is 0.837. The van der Waals surface area contributed by atoms with Gasteiger partial charge in [-0.1, -0.05) is 28.4 Å². The van der Waals surface area contributed by atoms with Gasteiger partial charge >= 0.3 is 0 Å². The maximum atomic E-state index is 10.1. The van der Waals surface area contributed by atoms with Gasteiger partial charge in [-0.25, -0.2) is 4.98 Å². The Bertz CT molecular complexity index is 572. The molecule has 0 aliphatic rings. The van der Waals surface area contributed by atoms with Crippen LogP contribution in [0.2, 0.25) is 10.0 Å². The van der Waals surface area contributed by atoms with Crippen molar-refractivity contribution in [3.63, 3.8) is 0 Å². The van der Waals surface area contributed by atoms with Crippen molar-refractivity contribution in [2.75, 3.05) is 0 Å². The molecular formula is C10H6Cl2N2O2. The molecule has 0 amide bonds. The van der Waals surface area contributed by atoms with Gasteiger partial charge in [-0.2, -0.15) is 4.91 Å². The lowest BCUT2D eigenvalue weighted by Gasteiger charge is -2.05. The predicted molar refractivity (Wildman–Crippen MR) is 62.9 cm³/mol. The average molecular weight is 257 g/mol. The summed E-state index contributed by atoms with van der Waals surface area (Å²) in [6.07, 6.45) is 0. The summed E-state index contributed by atoms with van der Waals surface area (Å²) in [4.78, 5) is 14.2. The number of halogens is 2. The number of aromatic hydroxyl groups is 1. The van der Waals surface area contributed by atoms with E-state index in [4.69, 9.17) is 23.2 Å². The molecule has 2 rings (SSSR count). The van der Waals surface area contributed by atoms with Gasteiger partial charge in [0.2, 0.25) is 0 Å². The van der Waals surface area contributed by atoms with Crippen LogP contribution in [-0.2, 0) is 6.54 Å². The lowest BCUT2D eigenvalue weighted by Crippen LogP contribution is -1.89. The van der Waals surface area contributed by atoms with Crippen molar-refractivity contribution in [2.24, 2.45) is 5.18 Å². The van der Waals surface area contributed by atoms with E-state index in [9.17, 15) is 10.0 Å². The average Bonchev–Trinajstić information content (AvgIpc) is 2.26. The third kappa shape index (κ3) is 1.81. The molecule has 0 radical (unpaired) electrons. The highest BCUT2D eigenvalue weighted by molar-refractivity contribution is 6.39. The summed E-state index contributed by atoms with van der Waals surface area (Å²) in [5, 5.41) is 13.5. The van der Waals surface area contributed by atoms with E-state index in [2.05, 4.69) is 10.2 Å². The summed E-state index contributed by atoms with van der Waals surface area (Å²) in [6, 6.07) is 4.74. The predicted octanol–water partition coefficient (Wildman–Crippen LogP) is 3.51. The van der Waals surface area contributed by atoms with E-state index in [1.165, 1.54) is 6.07 Å². The Kier molecular flexibility index (Phi) is 2.94. The zero-order chi connectivity index (χ0) is 11.7. The minimum absolute atomic E-state index is 0.0560. The number of aromatic nitrogens is 1. The van der Waals surface area contributed by atoms with Gasteiger partial charge in [-0.05, 0) is 18.2 Å². The number of pyridine rings is 1. The summed E-state index contributed by atoms with van der Waals surface area (Å²) >= 11 is 11.7. The van der Waals surface area contributed by atoms with Crippen LogP contribution in [0.3, 0.4) is 0 Å². The molecule has 1 N–H and O–H groups in total. The topological polar surface area (TPSA) is 62.5 Å². The Labute approximate surface area is 101 Å². The molecule has 1 aromatic heterocycles. The first kappa shape index (κ1) is 11.1. The number of hydrogen-bond acceptors (Lipinski definition) is 4. The summed E-state index contributed by atoms with van der Waals surface area (Å²) in [5.41, 5.74) is 0.731. The molecular weight excluding hydrogens is 251 g/mol. The third-order valence-corrected chi connectivity index (χ3v) is 2.74. The highest BCUT2D eigenvalue weighted by atomic mass is 35.5. The lowest BCUT2D eigenvalue weighted by atomic mass is 10.2. The van der Waals surface area contributed by atoms with Gasteiger partial charge in [0.15, 0.2) is 5.75 Å². The maximum absolute atomic E-state index is 10.1. The zero-order valence-electron chi connectivity index (χ0n) is 7.94. The molecule has 0 spiro atoms. The summed E-state index contributed by atoms with van der Waals surface area (Å²) in [6.45, 7) is -0.0560. The third-order valence-electron chi connectivity index (χ3n) is 2.14. The van der Waals surface area contributed by atoms with Crippen molar-refractivity contribution >= 4 is 34.1 Å². The molecule has 16 heavy (non-hydrogen) atoms. The smallest absolute Gasteiger partial charge is 0.160 e.